The second kappa shape index (κ2) is 7.95. The average Bonchev–Trinajstić information content (AvgIpc) is 2.72. The van der Waals surface area contributed by atoms with Crippen molar-refractivity contribution >= 4 is 11.7 Å². The SMILES string of the molecule is [CH2]CON=C1C[C@H](c2ccc(F)cc2-c2cccnc2)Cc2nc(N)nc(C)c21. The van der Waals surface area contributed by atoms with Crippen LogP contribution in [-0.2, 0) is 11.3 Å². The van der Waals surface area contributed by atoms with Crippen LogP contribution in [-0.4, -0.2) is 27.3 Å². The van der Waals surface area contributed by atoms with Crippen molar-refractivity contribution in [3.05, 3.63) is 78.0 Å². The average molecular weight is 390 g/mol. The number of benzene rings is 1. The van der Waals surface area contributed by atoms with Crippen LogP contribution in [0.2, 0.25) is 0 Å². The van der Waals surface area contributed by atoms with Gasteiger partial charge in [-0.05, 0) is 55.5 Å². The van der Waals surface area contributed by atoms with Crippen molar-refractivity contribution in [2.45, 2.75) is 25.7 Å². The van der Waals surface area contributed by atoms with Gasteiger partial charge in [0.25, 0.3) is 0 Å². The van der Waals surface area contributed by atoms with E-state index in [-0.39, 0.29) is 24.3 Å². The number of aromatic nitrogens is 3. The van der Waals surface area contributed by atoms with Crippen LogP contribution in [0.5, 0.6) is 0 Å². The fraction of sp³-hybridized carbons (Fsp3) is 0.227. The molecule has 2 heterocycles. The van der Waals surface area contributed by atoms with Gasteiger partial charge < -0.3 is 10.6 Å². The molecule has 2 aromatic heterocycles. The Morgan fingerprint density at radius 3 is 2.90 bits per heavy atom. The number of halogens is 1. The van der Waals surface area contributed by atoms with Crippen LogP contribution in [0.1, 0.15) is 34.9 Å². The molecule has 1 aromatic carbocycles. The highest BCUT2D eigenvalue weighted by atomic mass is 19.1. The van der Waals surface area contributed by atoms with E-state index >= 15 is 0 Å². The summed E-state index contributed by atoms with van der Waals surface area (Å²) < 4.78 is 14.1. The maximum atomic E-state index is 14.1. The third kappa shape index (κ3) is 3.81. The smallest absolute Gasteiger partial charge is 0.220 e. The van der Waals surface area contributed by atoms with Crippen LogP contribution in [0.3, 0.4) is 0 Å². The summed E-state index contributed by atoms with van der Waals surface area (Å²) in [5.74, 6) is -0.0365. The molecule has 3 aromatic rings. The first-order valence-electron chi connectivity index (χ1n) is 9.38. The summed E-state index contributed by atoms with van der Waals surface area (Å²) in [4.78, 5) is 18.2. The number of fused-ring (bicyclic) bond motifs is 1. The quantitative estimate of drug-likeness (QED) is 0.684. The highest BCUT2D eigenvalue weighted by Gasteiger charge is 2.30. The van der Waals surface area contributed by atoms with Gasteiger partial charge in [-0.15, -0.1) is 0 Å². The topological polar surface area (TPSA) is 86.3 Å². The lowest BCUT2D eigenvalue weighted by Crippen LogP contribution is -2.24. The fourth-order valence-corrected chi connectivity index (χ4v) is 3.90. The highest BCUT2D eigenvalue weighted by molar-refractivity contribution is 6.03. The van der Waals surface area contributed by atoms with Crippen molar-refractivity contribution in [3.63, 3.8) is 0 Å². The Labute approximate surface area is 168 Å². The molecule has 0 saturated carbocycles. The van der Waals surface area contributed by atoms with E-state index in [1.807, 2.05) is 25.1 Å². The molecule has 0 unspecified atom stereocenters. The first-order valence-corrected chi connectivity index (χ1v) is 9.38. The standard InChI is InChI=1S/C22H21FN5O/c1-3-29-28-20-10-15(9-19-21(20)13(2)26-22(24)27-19)17-7-6-16(23)11-18(17)14-5-4-8-25-12-14/h4-8,11-12,15H,1,3,9-10H2,2H3,(H2,24,26,27)/t15-/m1/s1. The van der Waals surface area contributed by atoms with Gasteiger partial charge in [-0.25, -0.2) is 14.4 Å². The van der Waals surface area contributed by atoms with E-state index in [1.54, 1.807) is 18.5 Å². The minimum absolute atomic E-state index is 0.0270. The zero-order valence-electron chi connectivity index (χ0n) is 16.1. The highest BCUT2D eigenvalue weighted by Crippen LogP contribution is 2.38. The molecular weight excluding hydrogens is 369 g/mol. The van der Waals surface area contributed by atoms with Crippen molar-refractivity contribution in [2.75, 3.05) is 12.3 Å². The largest absolute Gasteiger partial charge is 0.396 e. The van der Waals surface area contributed by atoms with E-state index in [4.69, 9.17) is 10.6 Å². The third-order valence-electron chi connectivity index (χ3n) is 5.04. The van der Waals surface area contributed by atoms with Gasteiger partial charge in [0.1, 0.15) is 12.4 Å². The molecule has 1 radical (unpaired) electrons. The Bertz CT molecular complexity index is 1070. The normalized spacial score (nSPS) is 17.2. The fourth-order valence-electron chi connectivity index (χ4n) is 3.90. The third-order valence-corrected chi connectivity index (χ3v) is 5.04. The Hall–Kier alpha value is -3.35. The van der Waals surface area contributed by atoms with Gasteiger partial charge in [-0.1, -0.05) is 17.3 Å². The predicted molar refractivity (Wildman–Crippen MR) is 110 cm³/mol. The number of nitrogen functional groups attached to an aromatic ring is 1. The van der Waals surface area contributed by atoms with Gasteiger partial charge in [0, 0.05) is 29.9 Å². The molecule has 1 aliphatic carbocycles. The Kier molecular flexibility index (Phi) is 5.20. The minimum atomic E-state index is -0.291. The van der Waals surface area contributed by atoms with Gasteiger partial charge in [0.2, 0.25) is 5.95 Å². The molecule has 0 bridgehead atoms. The van der Waals surface area contributed by atoms with Crippen molar-refractivity contribution in [1.82, 2.24) is 15.0 Å². The van der Waals surface area contributed by atoms with Crippen LogP contribution in [0.4, 0.5) is 10.3 Å². The van der Waals surface area contributed by atoms with Gasteiger partial charge in [-0.2, -0.15) is 0 Å². The van der Waals surface area contributed by atoms with E-state index in [0.717, 1.165) is 39.4 Å². The molecule has 0 amide bonds. The van der Waals surface area contributed by atoms with Crippen molar-refractivity contribution in [2.24, 2.45) is 5.16 Å². The maximum absolute atomic E-state index is 14.1. The number of hydrogen-bond donors (Lipinski definition) is 1. The van der Waals surface area contributed by atoms with E-state index in [0.29, 0.717) is 12.8 Å². The summed E-state index contributed by atoms with van der Waals surface area (Å²) in [5.41, 5.74) is 11.8. The van der Waals surface area contributed by atoms with E-state index in [2.05, 4.69) is 27.0 Å². The van der Waals surface area contributed by atoms with Crippen LogP contribution in [0.25, 0.3) is 11.1 Å². The molecule has 7 heteroatoms. The zero-order chi connectivity index (χ0) is 20.4. The first-order chi connectivity index (χ1) is 14.1. The van der Waals surface area contributed by atoms with Gasteiger partial charge in [-0.3, -0.25) is 4.98 Å². The van der Waals surface area contributed by atoms with Gasteiger partial charge in [0.05, 0.1) is 17.1 Å². The molecule has 0 spiro atoms. The van der Waals surface area contributed by atoms with Crippen molar-refractivity contribution in [1.29, 1.82) is 0 Å². The van der Waals surface area contributed by atoms with Crippen molar-refractivity contribution in [3.8, 4) is 11.1 Å². The number of oxime groups is 1. The lowest BCUT2D eigenvalue weighted by Gasteiger charge is -2.28. The molecule has 6 nitrogen and oxygen atoms in total. The van der Waals surface area contributed by atoms with Crippen LogP contribution < -0.4 is 5.73 Å². The predicted octanol–water partition coefficient (Wildman–Crippen LogP) is 3.85. The summed E-state index contributed by atoms with van der Waals surface area (Å²) >= 11 is 0. The Morgan fingerprint density at radius 2 is 2.14 bits per heavy atom. The minimum Gasteiger partial charge on any atom is -0.396 e. The molecule has 4 rings (SSSR count). The van der Waals surface area contributed by atoms with E-state index in [9.17, 15) is 4.39 Å². The second-order valence-electron chi connectivity index (χ2n) is 6.94. The summed E-state index contributed by atoms with van der Waals surface area (Å²) in [7, 11) is 0. The van der Waals surface area contributed by atoms with Crippen LogP contribution in [0.15, 0.2) is 47.9 Å². The lowest BCUT2D eigenvalue weighted by atomic mass is 9.78. The van der Waals surface area contributed by atoms with E-state index in [1.165, 1.54) is 6.07 Å². The number of nitrogens with zero attached hydrogens (tertiary/aromatic N) is 4. The molecule has 29 heavy (non-hydrogen) atoms. The zero-order valence-corrected chi connectivity index (χ0v) is 16.1. The number of rotatable bonds is 4. The molecule has 147 valence electrons. The monoisotopic (exact) mass is 390 g/mol. The second-order valence-corrected chi connectivity index (χ2v) is 6.94. The Morgan fingerprint density at radius 1 is 1.28 bits per heavy atom. The van der Waals surface area contributed by atoms with Gasteiger partial charge >= 0.3 is 0 Å². The first kappa shape index (κ1) is 19.0. The maximum Gasteiger partial charge on any atom is 0.220 e. The van der Waals surface area contributed by atoms with Crippen LogP contribution in [0, 0.1) is 19.7 Å². The summed E-state index contributed by atoms with van der Waals surface area (Å²) in [6.07, 6.45) is 4.69. The molecule has 0 aliphatic heterocycles. The van der Waals surface area contributed by atoms with Crippen molar-refractivity contribution < 1.29 is 9.23 Å². The summed E-state index contributed by atoms with van der Waals surface area (Å²) in [5, 5.41) is 4.28. The molecule has 0 saturated heterocycles. The van der Waals surface area contributed by atoms with E-state index < -0.39 is 0 Å². The number of aryl methyl sites for hydroxylation is 1. The molecular formula is C22H21FN5O. The van der Waals surface area contributed by atoms with Gasteiger partial charge in [0.15, 0.2) is 0 Å². The molecule has 1 atom stereocenters. The molecule has 1 aliphatic rings. The molecule has 0 fully saturated rings. The number of anilines is 1. The lowest BCUT2D eigenvalue weighted by molar-refractivity contribution is 0.172. The summed E-state index contributed by atoms with van der Waals surface area (Å²) in [6.45, 7) is 5.78. The number of nitrogens with two attached hydrogens (primary N) is 1. The molecule has 2 N–H and O–H groups in total. The summed E-state index contributed by atoms with van der Waals surface area (Å²) in [6, 6.07) is 8.61. The van der Waals surface area contributed by atoms with Crippen LogP contribution >= 0.6 is 0 Å². The number of pyridine rings is 1. The number of hydrogen-bond acceptors (Lipinski definition) is 6. The Balaban J connectivity index is 1.83.